The first-order valence-electron chi connectivity index (χ1n) is 20.7. The van der Waals surface area contributed by atoms with Crippen LogP contribution in [0.1, 0.15) is 100.0 Å². The van der Waals surface area contributed by atoms with Crippen LogP contribution in [0.2, 0.25) is 0 Å². The van der Waals surface area contributed by atoms with Crippen molar-refractivity contribution >= 4 is 30.0 Å². The van der Waals surface area contributed by atoms with Gasteiger partial charge in [-0.3, -0.25) is 19.3 Å². The summed E-state index contributed by atoms with van der Waals surface area (Å²) in [6.45, 7) is 17.1. The topological polar surface area (TPSA) is 203 Å². The zero-order valence-electron chi connectivity index (χ0n) is 37.1. The van der Waals surface area contributed by atoms with Crippen molar-refractivity contribution in [3.8, 4) is 11.5 Å². The van der Waals surface area contributed by atoms with E-state index in [-0.39, 0.29) is 43.5 Å². The number of carbonyl (C=O) groups excluding carboxylic acids is 5. The molecule has 0 spiro atoms. The molecular formula is C43H70N4O12. The highest BCUT2D eigenvalue weighted by Crippen LogP contribution is 2.46. The van der Waals surface area contributed by atoms with Gasteiger partial charge in [-0.25, -0.2) is 9.59 Å². The Labute approximate surface area is 350 Å². The van der Waals surface area contributed by atoms with Gasteiger partial charge in [0.2, 0.25) is 18.6 Å². The lowest BCUT2D eigenvalue weighted by Crippen LogP contribution is -2.47. The molecule has 1 saturated carbocycles. The molecule has 0 bridgehead atoms. The molecule has 1 aromatic rings. The Morgan fingerprint density at radius 3 is 2.20 bits per heavy atom. The Morgan fingerprint density at radius 2 is 1.63 bits per heavy atom. The normalized spacial score (nSPS) is 18.5. The number of methoxy groups -OCH3 is 2. The van der Waals surface area contributed by atoms with E-state index in [4.69, 9.17) is 38.9 Å². The maximum Gasteiger partial charge on any atom is 0.414 e. The quantitative estimate of drug-likeness (QED) is 0.0704. The van der Waals surface area contributed by atoms with Gasteiger partial charge in [0.15, 0.2) is 11.5 Å². The number of hydrogen-bond acceptors (Lipinski definition) is 12. The number of nitrogens with one attached hydrogen (secondary N) is 2. The molecule has 2 fully saturated rings. The number of benzene rings is 1. The molecule has 1 aliphatic carbocycles. The van der Waals surface area contributed by atoms with Crippen molar-refractivity contribution in [2.45, 2.75) is 119 Å². The molecule has 0 radical (unpaired) electrons. The number of esters is 1. The molecule has 1 saturated heterocycles. The van der Waals surface area contributed by atoms with Gasteiger partial charge < -0.3 is 49.5 Å². The lowest BCUT2D eigenvalue weighted by atomic mass is 9.80. The summed E-state index contributed by atoms with van der Waals surface area (Å²) in [5.41, 5.74) is 4.04. The fourth-order valence-corrected chi connectivity index (χ4v) is 6.81. The standard InChI is InChI=1S/C43H70N4O12/c1-27(2)30(19-29-13-14-33(54-11)35(20-29)55-18-12-17-53-10)21-32-34(22-31(28(3)4)36(48)45-23-42(8,9)37(44)49)56-25-47(32)40(52)58-26-57-38(50)43(15-16-43)24-46-39(51)59-41(5,6)7/h13-14,20,27-28,30-32,34H,12,15-19,21-26H2,1-11H3,(H2,44,49)(H,45,48)(H,46,51). The van der Waals surface area contributed by atoms with E-state index in [1.54, 1.807) is 48.8 Å². The average Bonchev–Trinajstić information content (AvgIpc) is 3.85. The summed E-state index contributed by atoms with van der Waals surface area (Å²) in [5, 5.41) is 5.54. The van der Waals surface area contributed by atoms with E-state index in [9.17, 15) is 24.0 Å². The molecule has 4 N–H and O–H groups in total. The van der Waals surface area contributed by atoms with Crippen molar-refractivity contribution in [1.29, 1.82) is 0 Å². The number of nitrogens with zero attached hydrogens (tertiary/aromatic N) is 1. The summed E-state index contributed by atoms with van der Waals surface area (Å²) in [4.78, 5) is 66.1. The number of carbonyl (C=O) groups is 5. The average molecular weight is 835 g/mol. The SMILES string of the molecule is COCCCOc1cc(CC(CC2C(CC(C(=O)NCC(C)(C)C(N)=O)C(C)C)OCN2C(=O)OCOC(=O)C2(CNC(=O)OC(C)(C)C)CC2)C(C)C)ccc1OC. The molecule has 0 aromatic heterocycles. The predicted octanol–water partition coefficient (Wildman–Crippen LogP) is 5.57. The molecule has 16 nitrogen and oxygen atoms in total. The van der Waals surface area contributed by atoms with E-state index in [2.05, 4.69) is 24.5 Å². The van der Waals surface area contributed by atoms with Gasteiger partial charge >= 0.3 is 18.2 Å². The van der Waals surface area contributed by atoms with E-state index in [0.717, 1.165) is 12.0 Å². The summed E-state index contributed by atoms with van der Waals surface area (Å²) in [5.74, 6) is -0.489. The second-order valence-corrected chi connectivity index (χ2v) is 18.1. The zero-order valence-corrected chi connectivity index (χ0v) is 37.1. The molecular weight excluding hydrogens is 764 g/mol. The van der Waals surface area contributed by atoms with Crippen LogP contribution < -0.4 is 25.8 Å². The summed E-state index contributed by atoms with van der Waals surface area (Å²) in [6.07, 6.45) is 1.28. The minimum absolute atomic E-state index is 0.0370. The third-order valence-corrected chi connectivity index (χ3v) is 11.1. The fourth-order valence-electron chi connectivity index (χ4n) is 6.81. The Hall–Kier alpha value is -4.31. The summed E-state index contributed by atoms with van der Waals surface area (Å²) in [6, 6.07) is 5.36. The van der Waals surface area contributed by atoms with Crippen LogP contribution in [-0.2, 0) is 44.5 Å². The molecule has 4 amide bonds. The van der Waals surface area contributed by atoms with Gasteiger partial charge in [0.25, 0.3) is 0 Å². The van der Waals surface area contributed by atoms with Gasteiger partial charge in [-0.2, -0.15) is 0 Å². The van der Waals surface area contributed by atoms with Gasteiger partial charge in [0, 0.05) is 39.1 Å². The predicted molar refractivity (Wildman–Crippen MR) is 219 cm³/mol. The smallest absolute Gasteiger partial charge is 0.414 e. The Balaban J connectivity index is 1.80. The van der Waals surface area contributed by atoms with Crippen molar-refractivity contribution in [3.63, 3.8) is 0 Å². The van der Waals surface area contributed by atoms with E-state index in [0.29, 0.717) is 56.8 Å². The lowest BCUT2D eigenvalue weighted by Gasteiger charge is -2.33. The molecule has 1 aliphatic heterocycles. The Kier molecular flexibility index (Phi) is 18.1. The van der Waals surface area contributed by atoms with Crippen LogP contribution in [0.4, 0.5) is 9.59 Å². The van der Waals surface area contributed by atoms with Crippen LogP contribution in [0, 0.1) is 34.5 Å². The lowest BCUT2D eigenvalue weighted by molar-refractivity contribution is -0.159. The molecule has 4 atom stereocenters. The number of nitrogens with two attached hydrogens (primary N) is 1. The largest absolute Gasteiger partial charge is 0.493 e. The zero-order chi connectivity index (χ0) is 44.1. The van der Waals surface area contributed by atoms with Crippen LogP contribution in [0.25, 0.3) is 0 Å². The molecule has 59 heavy (non-hydrogen) atoms. The molecule has 1 aromatic carbocycles. The summed E-state index contributed by atoms with van der Waals surface area (Å²) < 4.78 is 39.3. The molecule has 4 unspecified atom stereocenters. The van der Waals surface area contributed by atoms with Gasteiger partial charge in [0.1, 0.15) is 12.3 Å². The molecule has 334 valence electrons. The third-order valence-electron chi connectivity index (χ3n) is 11.1. The number of hydrogen-bond donors (Lipinski definition) is 3. The van der Waals surface area contributed by atoms with Crippen molar-refractivity contribution < 1.29 is 57.1 Å². The van der Waals surface area contributed by atoms with Gasteiger partial charge in [-0.05, 0) is 102 Å². The molecule has 16 heteroatoms. The monoisotopic (exact) mass is 834 g/mol. The van der Waals surface area contributed by atoms with Crippen molar-refractivity contribution in [1.82, 2.24) is 15.5 Å². The first-order chi connectivity index (χ1) is 27.6. The highest BCUT2D eigenvalue weighted by Gasteiger charge is 2.52. The third kappa shape index (κ3) is 15.0. The minimum atomic E-state index is -0.942. The maximum absolute atomic E-state index is 13.8. The molecule has 3 rings (SSSR count). The van der Waals surface area contributed by atoms with E-state index in [1.807, 2.05) is 32.0 Å². The maximum atomic E-state index is 13.8. The number of alkyl carbamates (subject to hydrolysis) is 1. The summed E-state index contributed by atoms with van der Waals surface area (Å²) >= 11 is 0. The van der Waals surface area contributed by atoms with E-state index in [1.165, 1.54) is 4.90 Å². The Bertz CT molecular complexity index is 1570. The first-order valence-corrected chi connectivity index (χ1v) is 20.7. The number of primary amides is 1. The van der Waals surface area contributed by atoms with Crippen molar-refractivity contribution in [2.75, 3.05) is 54.0 Å². The van der Waals surface area contributed by atoms with Gasteiger partial charge in [-0.15, -0.1) is 0 Å². The van der Waals surface area contributed by atoms with E-state index < -0.39 is 65.4 Å². The van der Waals surface area contributed by atoms with E-state index >= 15 is 0 Å². The number of ether oxygens (including phenoxy) is 7. The first kappa shape index (κ1) is 49.1. The highest BCUT2D eigenvalue weighted by molar-refractivity contribution is 5.83. The number of amides is 4. The highest BCUT2D eigenvalue weighted by atomic mass is 16.7. The van der Waals surface area contributed by atoms with Crippen LogP contribution in [0.5, 0.6) is 11.5 Å². The molecule has 1 heterocycles. The minimum Gasteiger partial charge on any atom is -0.493 e. The molecule has 2 aliphatic rings. The fraction of sp³-hybridized carbons (Fsp3) is 0.744. The van der Waals surface area contributed by atoms with Gasteiger partial charge in [0.05, 0.1) is 36.7 Å². The second-order valence-electron chi connectivity index (χ2n) is 18.1. The number of rotatable bonds is 23. The van der Waals surface area contributed by atoms with Crippen LogP contribution >= 0.6 is 0 Å². The Morgan fingerprint density at radius 1 is 0.932 bits per heavy atom. The van der Waals surface area contributed by atoms with Crippen LogP contribution in [0.15, 0.2) is 18.2 Å². The van der Waals surface area contributed by atoms with Gasteiger partial charge in [-0.1, -0.05) is 33.8 Å². The van der Waals surface area contributed by atoms with Crippen molar-refractivity contribution in [3.05, 3.63) is 23.8 Å². The van der Waals surface area contributed by atoms with Crippen LogP contribution in [0.3, 0.4) is 0 Å². The van der Waals surface area contributed by atoms with Crippen molar-refractivity contribution in [2.24, 2.45) is 40.2 Å². The summed E-state index contributed by atoms with van der Waals surface area (Å²) in [7, 11) is 3.24. The second kappa shape index (κ2) is 21.8. The van der Waals surface area contributed by atoms with Crippen LogP contribution in [-0.4, -0.2) is 107 Å².